The van der Waals surface area contributed by atoms with Crippen molar-refractivity contribution in [2.45, 2.75) is 50.2 Å². The molecule has 0 saturated carbocycles. The number of carbonyl (C=O) groups is 2. The van der Waals surface area contributed by atoms with Gasteiger partial charge in [-0.2, -0.15) is 13.2 Å². The third-order valence-corrected chi connectivity index (χ3v) is 8.67. The van der Waals surface area contributed by atoms with Crippen LogP contribution in [0.1, 0.15) is 37.8 Å². The van der Waals surface area contributed by atoms with Crippen LogP contribution in [0.2, 0.25) is 5.02 Å². The number of hydrogen-bond acceptors (Lipinski definition) is 4. The predicted molar refractivity (Wildman–Crippen MR) is 157 cm³/mol. The third kappa shape index (κ3) is 8.25. The lowest BCUT2D eigenvalue weighted by atomic mass is 10.1. The van der Waals surface area contributed by atoms with Crippen molar-refractivity contribution < 1.29 is 31.2 Å². The normalized spacial score (nSPS) is 12.4. The average molecular weight is 624 g/mol. The van der Waals surface area contributed by atoms with Gasteiger partial charge in [-0.25, -0.2) is 8.42 Å². The molecular formula is C30H33ClF3N3O4S. The Balaban J connectivity index is 2.09. The highest BCUT2D eigenvalue weighted by Crippen LogP contribution is 2.37. The first-order chi connectivity index (χ1) is 19.9. The molecule has 12 heteroatoms. The van der Waals surface area contributed by atoms with Crippen LogP contribution >= 0.6 is 11.6 Å². The van der Waals surface area contributed by atoms with Crippen molar-refractivity contribution in [1.29, 1.82) is 0 Å². The molecule has 0 aliphatic carbocycles. The maximum Gasteiger partial charge on any atom is 0.416 e. The van der Waals surface area contributed by atoms with E-state index in [4.69, 9.17) is 11.6 Å². The standard InChI is InChI=1S/C30H33ClF3N3O4S/c1-3-18-35-29(39)26(4-2)36(19-17-22-11-7-5-8-12-22)28(38)21-37(42(40,41)24-13-9-6-10-14-24)27-20-23(30(32,33)34)15-16-25(27)31/h5-16,20,26H,3-4,17-19,21H2,1-2H3,(H,35,39)/t26-/m1/s1. The summed E-state index contributed by atoms with van der Waals surface area (Å²) in [6.07, 6.45) is -3.54. The first-order valence-electron chi connectivity index (χ1n) is 13.5. The van der Waals surface area contributed by atoms with Crippen molar-refractivity contribution in [1.82, 2.24) is 10.2 Å². The molecule has 0 unspecified atom stereocenters. The molecule has 2 amide bonds. The van der Waals surface area contributed by atoms with Crippen molar-refractivity contribution in [3.05, 3.63) is 95.0 Å². The van der Waals surface area contributed by atoms with Crippen LogP contribution in [0.15, 0.2) is 83.8 Å². The van der Waals surface area contributed by atoms with Gasteiger partial charge in [-0.05, 0) is 55.2 Å². The monoisotopic (exact) mass is 623 g/mol. The van der Waals surface area contributed by atoms with Crippen molar-refractivity contribution >= 4 is 39.1 Å². The van der Waals surface area contributed by atoms with Gasteiger partial charge in [-0.3, -0.25) is 13.9 Å². The summed E-state index contributed by atoms with van der Waals surface area (Å²) in [6, 6.07) is 17.6. The van der Waals surface area contributed by atoms with Gasteiger partial charge in [-0.15, -0.1) is 0 Å². The Bertz CT molecular complexity index is 1460. The van der Waals surface area contributed by atoms with E-state index in [9.17, 15) is 31.2 Å². The van der Waals surface area contributed by atoms with Gasteiger partial charge in [0.05, 0.1) is 21.2 Å². The van der Waals surface area contributed by atoms with Crippen molar-refractivity contribution in [3.63, 3.8) is 0 Å². The molecule has 3 aromatic rings. The summed E-state index contributed by atoms with van der Waals surface area (Å²) in [5, 5.41) is 2.49. The van der Waals surface area contributed by atoms with E-state index in [1.165, 1.54) is 29.2 Å². The molecule has 1 atom stereocenters. The van der Waals surface area contributed by atoms with E-state index < -0.39 is 51.9 Å². The van der Waals surface area contributed by atoms with E-state index in [-0.39, 0.29) is 22.9 Å². The summed E-state index contributed by atoms with van der Waals surface area (Å²) in [5.41, 5.74) is -0.752. The third-order valence-electron chi connectivity index (χ3n) is 6.57. The molecule has 3 rings (SSSR count). The Labute approximate surface area is 249 Å². The Hall–Kier alpha value is -3.57. The van der Waals surface area contributed by atoms with Crippen LogP contribution in [0.5, 0.6) is 0 Å². The fourth-order valence-electron chi connectivity index (χ4n) is 4.38. The van der Waals surface area contributed by atoms with Crippen molar-refractivity contribution in [2.24, 2.45) is 0 Å². The maximum atomic E-state index is 14.0. The minimum atomic E-state index is -4.79. The first-order valence-corrected chi connectivity index (χ1v) is 15.3. The topological polar surface area (TPSA) is 86.8 Å². The number of anilines is 1. The minimum absolute atomic E-state index is 0.0659. The molecule has 0 saturated heterocycles. The first kappa shape index (κ1) is 32.9. The van der Waals surface area contributed by atoms with Crippen molar-refractivity contribution in [3.8, 4) is 0 Å². The number of halogens is 4. The fourth-order valence-corrected chi connectivity index (χ4v) is 6.09. The zero-order valence-electron chi connectivity index (χ0n) is 23.3. The number of amides is 2. The molecule has 0 heterocycles. The van der Waals surface area contributed by atoms with Gasteiger partial charge in [-0.1, -0.05) is 74.0 Å². The molecule has 3 aromatic carbocycles. The number of alkyl halides is 3. The van der Waals surface area contributed by atoms with E-state index in [2.05, 4.69) is 5.32 Å². The summed E-state index contributed by atoms with van der Waals surface area (Å²) in [7, 11) is -4.57. The molecule has 0 aromatic heterocycles. The van der Waals surface area contributed by atoms with Gasteiger partial charge in [0.1, 0.15) is 12.6 Å². The lowest BCUT2D eigenvalue weighted by Crippen LogP contribution is -2.53. The van der Waals surface area contributed by atoms with E-state index in [0.717, 1.165) is 17.7 Å². The van der Waals surface area contributed by atoms with Gasteiger partial charge in [0, 0.05) is 13.1 Å². The van der Waals surface area contributed by atoms with Crippen LogP contribution in [0.25, 0.3) is 0 Å². The van der Waals surface area contributed by atoms with Gasteiger partial charge >= 0.3 is 6.18 Å². The highest BCUT2D eigenvalue weighted by Gasteiger charge is 2.36. The highest BCUT2D eigenvalue weighted by atomic mass is 35.5. The molecule has 42 heavy (non-hydrogen) atoms. The van der Waals surface area contributed by atoms with Crippen LogP contribution < -0.4 is 9.62 Å². The summed E-state index contributed by atoms with van der Waals surface area (Å²) in [5.74, 6) is -1.17. The molecule has 0 bridgehead atoms. The molecule has 1 N–H and O–H groups in total. The number of carbonyl (C=O) groups excluding carboxylic acids is 2. The number of nitrogens with zero attached hydrogens (tertiary/aromatic N) is 2. The van der Waals surface area contributed by atoms with E-state index >= 15 is 0 Å². The molecule has 0 fully saturated rings. The second kappa shape index (κ2) is 14.6. The summed E-state index contributed by atoms with van der Waals surface area (Å²) in [4.78, 5) is 28.1. The second-order valence-corrected chi connectivity index (χ2v) is 11.8. The fraction of sp³-hybridized carbons (Fsp3) is 0.333. The van der Waals surface area contributed by atoms with Gasteiger partial charge in [0.15, 0.2) is 0 Å². The summed E-state index contributed by atoms with van der Waals surface area (Å²) < 4.78 is 69.2. The van der Waals surface area contributed by atoms with Gasteiger partial charge in [0.25, 0.3) is 10.0 Å². The van der Waals surface area contributed by atoms with Crippen LogP contribution in [-0.2, 0) is 32.2 Å². The zero-order valence-corrected chi connectivity index (χ0v) is 24.8. The highest BCUT2D eigenvalue weighted by molar-refractivity contribution is 7.92. The molecule has 0 aliphatic rings. The van der Waals surface area contributed by atoms with Gasteiger partial charge in [0.2, 0.25) is 11.8 Å². The second-order valence-electron chi connectivity index (χ2n) is 9.53. The molecule has 7 nitrogen and oxygen atoms in total. The van der Waals surface area contributed by atoms with E-state index in [0.29, 0.717) is 29.8 Å². The van der Waals surface area contributed by atoms with Gasteiger partial charge < -0.3 is 10.2 Å². The van der Waals surface area contributed by atoms with Crippen LogP contribution in [0.4, 0.5) is 18.9 Å². The molecule has 226 valence electrons. The summed E-state index contributed by atoms with van der Waals surface area (Å²) >= 11 is 6.27. The Morgan fingerprint density at radius 3 is 2.14 bits per heavy atom. The lowest BCUT2D eigenvalue weighted by molar-refractivity contribution is -0.139. The smallest absolute Gasteiger partial charge is 0.354 e. The molecule has 0 spiro atoms. The zero-order chi connectivity index (χ0) is 30.9. The number of rotatable bonds is 13. The van der Waals surface area contributed by atoms with Crippen LogP contribution in [0.3, 0.4) is 0 Å². The largest absolute Gasteiger partial charge is 0.416 e. The predicted octanol–water partition coefficient (Wildman–Crippen LogP) is 5.93. The van der Waals surface area contributed by atoms with Crippen LogP contribution in [0, 0.1) is 0 Å². The number of sulfonamides is 1. The maximum absolute atomic E-state index is 14.0. The van der Waals surface area contributed by atoms with E-state index in [1.54, 1.807) is 13.0 Å². The Morgan fingerprint density at radius 2 is 1.57 bits per heavy atom. The summed E-state index contributed by atoms with van der Waals surface area (Å²) in [6.45, 7) is 3.16. The van der Waals surface area contributed by atoms with Crippen molar-refractivity contribution in [2.75, 3.05) is 23.9 Å². The Kier molecular flexibility index (Phi) is 11.4. The average Bonchev–Trinajstić information content (AvgIpc) is 2.97. The number of benzene rings is 3. The number of hydrogen-bond donors (Lipinski definition) is 1. The van der Waals surface area contributed by atoms with E-state index in [1.807, 2.05) is 37.3 Å². The SMILES string of the molecule is CCCNC(=O)[C@@H](CC)N(CCc1ccccc1)C(=O)CN(c1cc(C(F)(F)F)ccc1Cl)S(=O)(=O)c1ccccc1. The number of nitrogens with one attached hydrogen (secondary N) is 1. The minimum Gasteiger partial charge on any atom is -0.354 e. The molecule has 0 radical (unpaired) electrons. The van der Waals surface area contributed by atoms with Crippen LogP contribution in [-0.4, -0.2) is 50.8 Å². The lowest BCUT2D eigenvalue weighted by Gasteiger charge is -2.33. The quantitative estimate of drug-likeness (QED) is 0.256. The molecular weight excluding hydrogens is 591 g/mol. The molecule has 0 aliphatic heterocycles. The Morgan fingerprint density at radius 1 is 0.952 bits per heavy atom.